The molecule has 0 amide bonds. The highest BCUT2D eigenvalue weighted by Gasteiger charge is 2.11. The minimum atomic E-state index is 0.00497. The van der Waals surface area contributed by atoms with Gasteiger partial charge in [0.25, 0.3) is 0 Å². The van der Waals surface area contributed by atoms with Gasteiger partial charge in [-0.3, -0.25) is 0 Å². The Morgan fingerprint density at radius 1 is 1.11 bits per heavy atom. The van der Waals surface area contributed by atoms with Crippen LogP contribution in [0.25, 0.3) is 0 Å². The number of nitrogens with zero attached hydrogens (tertiary/aromatic N) is 5. The first-order valence-corrected chi connectivity index (χ1v) is 6.70. The molecule has 0 aromatic carbocycles. The van der Waals surface area contributed by atoms with Crippen molar-refractivity contribution in [2.45, 2.75) is 26.4 Å². The maximum absolute atomic E-state index is 5.88. The van der Waals surface area contributed by atoms with E-state index in [1.807, 2.05) is 39.9 Å². The van der Waals surface area contributed by atoms with E-state index in [0.717, 1.165) is 19.5 Å². The van der Waals surface area contributed by atoms with Crippen LogP contribution in [0.4, 0.5) is 5.95 Å². The molecule has 0 aliphatic rings. The lowest BCUT2D eigenvalue weighted by Crippen LogP contribution is -2.25. The molecule has 1 aromatic rings. The third-order valence-corrected chi connectivity index (χ3v) is 2.53. The highest BCUT2D eigenvalue weighted by Crippen LogP contribution is 2.15. The third-order valence-electron chi connectivity index (χ3n) is 2.36. The molecule has 0 spiro atoms. The van der Waals surface area contributed by atoms with E-state index in [0.29, 0.717) is 5.95 Å². The van der Waals surface area contributed by atoms with Gasteiger partial charge in [-0.1, -0.05) is 0 Å². The van der Waals surface area contributed by atoms with Crippen LogP contribution in [0.1, 0.15) is 20.3 Å². The number of anilines is 1. The summed E-state index contributed by atoms with van der Waals surface area (Å²) in [7, 11) is 6.03. The Labute approximate surface area is 119 Å². The Morgan fingerprint density at radius 2 is 1.79 bits per heavy atom. The summed E-state index contributed by atoms with van der Waals surface area (Å²) in [6.45, 7) is 5.69. The smallest absolute Gasteiger partial charge is 0.322 e. The van der Waals surface area contributed by atoms with Crippen molar-refractivity contribution >= 4 is 17.5 Å². The lowest BCUT2D eigenvalue weighted by Gasteiger charge is -2.19. The Hall–Kier alpha value is -1.14. The summed E-state index contributed by atoms with van der Waals surface area (Å²) in [5.41, 5.74) is 0. The van der Waals surface area contributed by atoms with Gasteiger partial charge in [0, 0.05) is 13.6 Å². The fourth-order valence-corrected chi connectivity index (χ4v) is 1.63. The molecule has 0 saturated heterocycles. The summed E-state index contributed by atoms with van der Waals surface area (Å²) in [6.07, 6.45) is 1.03. The largest absolute Gasteiger partial charge is 0.461 e. The van der Waals surface area contributed by atoms with Gasteiger partial charge in [0.1, 0.15) is 0 Å². The van der Waals surface area contributed by atoms with Gasteiger partial charge in [-0.2, -0.15) is 15.0 Å². The second-order valence-electron chi connectivity index (χ2n) is 4.93. The van der Waals surface area contributed by atoms with Gasteiger partial charge in [0.15, 0.2) is 0 Å². The zero-order valence-corrected chi connectivity index (χ0v) is 13.0. The van der Waals surface area contributed by atoms with Crippen LogP contribution in [0.15, 0.2) is 0 Å². The fraction of sp³-hybridized carbons (Fsp3) is 0.750. The van der Waals surface area contributed by atoms with Gasteiger partial charge in [0.2, 0.25) is 11.2 Å². The molecule has 7 heteroatoms. The van der Waals surface area contributed by atoms with Gasteiger partial charge < -0.3 is 14.5 Å². The van der Waals surface area contributed by atoms with Crippen molar-refractivity contribution in [2.75, 3.05) is 39.1 Å². The van der Waals surface area contributed by atoms with E-state index in [1.165, 1.54) is 0 Å². The minimum absolute atomic E-state index is 0.00497. The van der Waals surface area contributed by atoms with Gasteiger partial charge in [0.05, 0.1) is 6.10 Å². The number of hydrogen-bond acceptors (Lipinski definition) is 6. The van der Waals surface area contributed by atoms with E-state index in [1.54, 1.807) is 0 Å². The Morgan fingerprint density at radius 3 is 2.37 bits per heavy atom. The molecule has 0 aliphatic heterocycles. The Balaban J connectivity index is 2.67. The van der Waals surface area contributed by atoms with Crippen LogP contribution in [0.3, 0.4) is 0 Å². The zero-order valence-electron chi connectivity index (χ0n) is 12.2. The topological polar surface area (TPSA) is 54.4 Å². The number of rotatable bonds is 7. The maximum Gasteiger partial charge on any atom is 0.322 e. The Bertz CT molecular complexity index is 400. The first kappa shape index (κ1) is 15.9. The molecule has 0 unspecified atom stereocenters. The summed E-state index contributed by atoms with van der Waals surface area (Å²) in [5, 5.41) is 0.153. The lowest BCUT2D eigenvalue weighted by molar-refractivity contribution is 0.221. The molecule has 0 aliphatic carbocycles. The van der Waals surface area contributed by atoms with E-state index in [4.69, 9.17) is 16.3 Å². The van der Waals surface area contributed by atoms with E-state index in [-0.39, 0.29) is 17.4 Å². The second-order valence-corrected chi connectivity index (χ2v) is 5.27. The van der Waals surface area contributed by atoms with Gasteiger partial charge in [-0.05, 0) is 52.5 Å². The standard InChI is InChI=1S/C12H22ClN5O/c1-9(2)19-12-15-10(13)14-11(16-12)18(5)8-6-7-17(3)4/h9H,6-8H2,1-5H3. The predicted molar refractivity (Wildman–Crippen MR) is 77.0 cm³/mol. The molecule has 108 valence electrons. The molecule has 0 radical (unpaired) electrons. The SMILES string of the molecule is CC(C)Oc1nc(Cl)nc(N(C)CCCN(C)C)n1. The lowest BCUT2D eigenvalue weighted by atomic mass is 10.4. The first-order chi connectivity index (χ1) is 8.88. The minimum Gasteiger partial charge on any atom is -0.461 e. The average Bonchev–Trinajstić information content (AvgIpc) is 2.26. The maximum atomic E-state index is 5.88. The molecule has 19 heavy (non-hydrogen) atoms. The van der Waals surface area contributed by atoms with E-state index in [9.17, 15) is 0 Å². The van der Waals surface area contributed by atoms with Crippen molar-refractivity contribution < 1.29 is 4.74 Å². The molecule has 0 saturated carbocycles. The van der Waals surface area contributed by atoms with Crippen LogP contribution in [-0.2, 0) is 0 Å². The van der Waals surface area contributed by atoms with Gasteiger partial charge in [-0.15, -0.1) is 0 Å². The molecule has 1 rings (SSSR count). The number of hydrogen-bond donors (Lipinski definition) is 0. The van der Waals surface area contributed by atoms with Crippen LogP contribution in [-0.4, -0.2) is 60.2 Å². The molecular weight excluding hydrogens is 266 g/mol. The molecule has 0 atom stereocenters. The van der Waals surface area contributed by atoms with Crippen molar-refractivity contribution in [3.05, 3.63) is 5.28 Å². The highest BCUT2D eigenvalue weighted by molar-refractivity contribution is 6.28. The molecular formula is C12H22ClN5O. The zero-order chi connectivity index (χ0) is 14.4. The first-order valence-electron chi connectivity index (χ1n) is 6.32. The number of aromatic nitrogens is 3. The summed E-state index contributed by atoms with van der Waals surface area (Å²) in [4.78, 5) is 16.4. The number of halogens is 1. The second kappa shape index (κ2) is 7.45. The molecule has 0 N–H and O–H groups in total. The highest BCUT2D eigenvalue weighted by atomic mass is 35.5. The van der Waals surface area contributed by atoms with Crippen LogP contribution >= 0.6 is 11.6 Å². The average molecular weight is 288 g/mol. The van der Waals surface area contributed by atoms with Crippen molar-refractivity contribution in [2.24, 2.45) is 0 Å². The van der Waals surface area contributed by atoms with Gasteiger partial charge >= 0.3 is 6.01 Å². The van der Waals surface area contributed by atoms with Crippen molar-refractivity contribution in [3.63, 3.8) is 0 Å². The van der Waals surface area contributed by atoms with Gasteiger partial charge in [-0.25, -0.2) is 0 Å². The van der Waals surface area contributed by atoms with Crippen molar-refractivity contribution in [1.29, 1.82) is 0 Å². The number of ether oxygens (including phenoxy) is 1. The molecule has 6 nitrogen and oxygen atoms in total. The van der Waals surface area contributed by atoms with E-state index in [2.05, 4.69) is 19.9 Å². The van der Waals surface area contributed by atoms with Crippen LogP contribution in [0, 0.1) is 0 Å². The summed E-state index contributed by atoms with van der Waals surface area (Å²) in [5.74, 6) is 0.536. The third kappa shape index (κ3) is 6.02. The molecule has 1 aromatic heterocycles. The Kier molecular flexibility index (Phi) is 6.24. The summed E-state index contributed by atoms with van der Waals surface area (Å²) < 4.78 is 5.45. The quantitative estimate of drug-likeness (QED) is 0.761. The van der Waals surface area contributed by atoms with Crippen molar-refractivity contribution in [1.82, 2.24) is 19.9 Å². The molecule has 0 bridgehead atoms. The molecule has 0 fully saturated rings. The fourth-order valence-electron chi connectivity index (χ4n) is 1.48. The summed E-state index contributed by atoms with van der Waals surface area (Å²) in [6, 6.07) is 0.268. The van der Waals surface area contributed by atoms with Crippen LogP contribution in [0.5, 0.6) is 6.01 Å². The van der Waals surface area contributed by atoms with Crippen molar-refractivity contribution in [3.8, 4) is 6.01 Å². The summed E-state index contributed by atoms with van der Waals surface area (Å²) >= 11 is 5.88. The predicted octanol–water partition coefficient (Wildman–Crippen LogP) is 1.70. The van der Waals surface area contributed by atoms with Crippen LogP contribution in [0.2, 0.25) is 5.28 Å². The van der Waals surface area contributed by atoms with E-state index < -0.39 is 0 Å². The van der Waals surface area contributed by atoms with E-state index >= 15 is 0 Å². The monoisotopic (exact) mass is 287 g/mol. The molecule has 1 heterocycles. The van der Waals surface area contributed by atoms with Crippen LogP contribution < -0.4 is 9.64 Å². The normalized spacial score (nSPS) is 11.2.